The molecule has 1 N–H and O–H groups in total. The zero-order valence-corrected chi connectivity index (χ0v) is 24.4. The number of hydrogen-bond acceptors (Lipinski definition) is 4. The van der Waals surface area contributed by atoms with E-state index in [0.717, 1.165) is 0 Å². The molecule has 246 valence electrons. The molecular formula is C30H29F9N2O4. The first kappa shape index (κ1) is 34.0. The standard InChI is InChI=1S/C30H29F9N2O4/c1-15-24(16-9-18(28(31,32)33)11-19(10-16)29(34,35)36)45-26(43)41(15)14-17-13-27(2,3)8-7-21(17)22-12-20(5-6-23(22)44-4)40-25(42)30(37,38)39/h5-6,9-12,15,24H,7-8,13-14H2,1-4H3,(H,40,42)/t15-,24-/m0/s1. The van der Waals surface area contributed by atoms with Crippen LogP contribution in [-0.4, -0.2) is 42.8 Å². The van der Waals surface area contributed by atoms with E-state index in [1.807, 2.05) is 13.8 Å². The van der Waals surface area contributed by atoms with Crippen molar-refractivity contribution >= 4 is 23.3 Å². The molecule has 1 fully saturated rings. The van der Waals surface area contributed by atoms with Crippen LogP contribution in [0.1, 0.15) is 68.4 Å². The van der Waals surface area contributed by atoms with E-state index in [2.05, 4.69) is 0 Å². The highest BCUT2D eigenvalue weighted by Crippen LogP contribution is 2.47. The van der Waals surface area contributed by atoms with Crippen LogP contribution >= 0.6 is 0 Å². The second kappa shape index (κ2) is 11.8. The summed E-state index contributed by atoms with van der Waals surface area (Å²) in [6.07, 6.45) is -16.4. The van der Waals surface area contributed by atoms with Crippen molar-refractivity contribution in [3.63, 3.8) is 0 Å². The monoisotopic (exact) mass is 652 g/mol. The number of carbonyl (C=O) groups is 2. The van der Waals surface area contributed by atoms with Gasteiger partial charge in [0.25, 0.3) is 0 Å². The summed E-state index contributed by atoms with van der Waals surface area (Å²) in [5, 5.41) is 1.80. The van der Waals surface area contributed by atoms with Crippen LogP contribution in [0.5, 0.6) is 5.75 Å². The van der Waals surface area contributed by atoms with Crippen LogP contribution in [0.3, 0.4) is 0 Å². The molecule has 1 saturated heterocycles. The number of nitrogens with one attached hydrogen (secondary N) is 1. The molecule has 0 aromatic heterocycles. The molecule has 0 spiro atoms. The number of nitrogens with zero attached hydrogens (tertiary/aromatic N) is 1. The third-order valence-corrected chi connectivity index (χ3v) is 7.90. The first-order valence-electron chi connectivity index (χ1n) is 13.6. The van der Waals surface area contributed by atoms with Gasteiger partial charge in [0.15, 0.2) is 0 Å². The van der Waals surface area contributed by atoms with Crippen molar-refractivity contribution in [1.82, 2.24) is 4.90 Å². The fourth-order valence-corrected chi connectivity index (χ4v) is 5.62. The van der Waals surface area contributed by atoms with Gasteiger partial charge in [-0.2, -0.15) is 39.5 Å². The Morgan fingerprint density at radius 1 is 1.00 bits per heavy atom. The second-order valence-electron chi connectivity index (χ2n) is 11.8. The summed E-state index contributed by atoms with van der Waals surface area (Å²) in [5.41, 5.74) is -2.44. The lowest BCUT2D eigenvalue weighted by Gasteiger charge is -2.36. The third-order valence-electron chi connectivity index (χ3n) is 7.90. The van der Waals surface area contributed by atoms with Gasteiger partial charge in [0.05, 0.1) is 24.3 Å². The minimum absolute atomic E-state index is 0.0114. The highest BCUT2D eigenvalue weighted by atomic mass is 19.4. The fourth-order valence-electron chi connectivity index (χ4n) is 5.62. The smallest absolute Gasteiger partial charge is 0.471 e. The topological polar surface area (TPSA) is 67.9 Å². The zero-order valence-electron chi connectivity index (χ0n) is 24.4. The molecule has 0 bridgehead atoms. The largest absolute Gasteiger partial charge is 0.496 e. The number of hydrogen-bond donors (Lipinski definition) is 1. The number of allylic oxidation sites excluding steroid dienone is 1. The van der Waals surface area contributed by atoms with Crippen molar-refractivity contribution in [2.75, 3.05) is 19.0 Å². The molecule has 1 aliphatic heterocycles. The first-order chi connectivity index (χ1) is 20.6. The molecule has 2 aromatic carbocycles. The van der Waals surface area contributed by atoms with Crippen molar-refractivity contribution in [2.45, 2.75) is 70.7 Å². The van der Waals surface area contributed by atoms with Crippen LogP contribution < -0.4 is 10.1 Å². The molecule has 1 aliphatic carbocycles. The van der Waals surface area contributed by atoms with Gasteiger partial charge in [-0.25, -0.2) is 4.79 Å². The molecule has 2 aliphatic rings. The predicted molar refractivity (Wildman–Crippen MR) is 144 cm³/mol. The summed E-state index contributed by atoms with van der Waals surface area (Å²) >= 11 is 0. The number of methoxy groups -OCH3 is 1. The van der Waals surface area contributed by atoms with Crippen LogP contribution in [0.2, 0.25) is 0 Å². The van der Waals surface area contributed by atoms with Gasteiger partial charge in [0, 0.05) is 17.8 Å². The number of anilines is 1. The van der Waals surface area contributed by atoms with Crippen LogP contribution in [0.25, 0.3) is 5.57 Å². The quantitative estimate of drug-likeness (QED) is 0.317. The van der Waals surface area contributed by atoms with Crippen molar-refractivity contribution in [3.8, 4) is 5.75 Å². The summed E-state index contributed by atoms with van der Waals surface area (Å²) in [4.78, 5) is 25.8. The van der Waals surface area contributed by atoms with Gasteiger partial charge in [-0.1, -0.05) is 13.8 Å². The summed E-state index contributed by atoms with van der Waals surface area (Å²) in [5.74, 6) is -1.91. The molecule has 0 radical (unpaired) electrons. The van der Waals surface area contributed by atoms with E-state index >= 15 is 0 Å². The number of rotatable bonds is 6. The maximum Gasteiger partial charge on any atom is 0.471 e. The Kier molecular flexibility index (Phi) is 8.90. The molecule has 2 amide bonds. The lowest BCUT2D eigenvalue weighted by Crippen LogP contribution is -2.35. The van der Waals surface area contributed by atoms with E-state index in [-0.39, 0.29) is 29.5 Å². The van der Waals surface area contributed by atoms with Crippen LogP contribution in [0.4, 0.5) is 50.0 Å². The number of alkyl halides is 9. The van der Waals surface area contributed by atoms with Crippen molar-refractivity contribution < 1.29 is 58.6 Å². The third kappa shape index (κ3) is 7.50. The molecule has 45 heavy (non-hydrogen) atoms. The maximum absolute atomic E-state index is 13.5. The summed E-state index contributed by atoms with van der Waals surface area (Å²) < 4.78 is 130. The number of benzene rings is 2. The van der Waals surface area contributed by atoms with E-state index in [9.17, 15) is 49.1 Å². The minimum Gasteiger partial charge on any atom is -0.496 e. The first-order valence-corrected chi connectivity index (χ1v) is 13.6. The van der Waals surface area contributed by atoms with Gasteiger partial charge < -0.3 is 14.8 Å². The van der Waals surface area contributed by atoms with Gasteiger partial charge in [-0.15, -0.1) is 0 Å². The number of cyclic esters (lactones) is 1. The molecule has 2 aromatic rings. The maximum atomic E-state index is 13.5. The Balaban J connectivity index is 1.74. The van der Waals surface area contributed by atoms with Crippen molar-refractivity contribution in [3.05, 3.63) is 64.2 Å². The summed E-state index contributed by atoms with van der Waals surface area (Å²) in [7, 11) is 1.34. The van der Waals surface area contributed by atoms with Gasteiger partial charge in [0.1, 0.15) is 11.9 Å². The van der Waals surface area contributed by atoms with Gasteiger partial charge >= 0.3 is 30.5 Å². The average molecular weight is 653 g/mol. The number of ether oxygens (including phenoxy) is 2. The highest BCUT2D eigenvalue weighted by Gasteiger charge is 2.44. The number of halogens is 9. The Morgan fingerprint density at radius 2 is 1.60 bits per heavy atom. The van der Waals surface area contributed by atoms with E-state index in [1.165, 1.54) is 37.1 Å². The van der Waals surface area contributed by atoms with Gasteiger partial charge in [-0.3, -0.25) is 9.69 Å². The van der Waals surface area contributed by atoms with E-state index in [0.29, 0.717) is 48.1 Å². The minimum atomic E-state index is -5.14. The zero-order chi connectivity index (χ0) is 33.7. The molecule has 15 heteroatoms. The van der Waals surface area contributed by atoms with E-state index in [4.69, 9.17) is 9.47 Å². The molecule has 6 nitrogen and oxygen atoms in total. The van der Waals surface area contributed by atoms with Crippen LogP contribution in [0, 0.1) is 5.41 Å². The normalized spacial score (nSPS) is 20.7. The van der Waals surface area contributed by atoms with Crippen molar-refractivity contribution in [2.24, 2.45) is 5.41 Å². The summed E-state index contributed by atoms with van der Waals surface area (Å²) in [6.45, 7) is 5.21. The Labute approximate surface area is 252 Å². The molecule has 2 atom stereocenters. The average Bonchev–Trinajstić information content (AvgIpc) is 3.19. The highest BCUT2D eigenvalue weighted by molar-refractivity contribution is 5.95. The van der Waals surface area contributed by atoms with Crippen LogP contribution in [0.15, 0.2) is 42.0 Å². The van der Waals surface area contributed by atoms with E-state index in [1.54, 1.807) is 5.32 Å². The Morgan fingerprint density at radius 3 is 2.13 bits per heavy atom. The van der Waals surface area contributed by atoms with Gasteiger partial charge in [-0.05, 0) is 84.7 Å². The molecule has 0 saturated carbocycles. The summed E-state index contributed by atoms with van der Waals surface area (Å²) in [6, 6.07) is 3.95. The van der Waals surface area contributed by atoms with E-state index < -0.39 is 59.4 Å². The SMILES string of the molecule is COc1ccc(NC(=O)C(F)(F)F)cc1C1=C(CN2C(=O)O[C@H](c3cc(C(F)(F)F)cc(C(F)(F)F)c3)[C@@H]2C)CC(C)(C)CC1. The van der Waals surface area contributed by atoms with Gasteiger partial charge in [0.2, 0.25) is 0 Å². The second-order valence-corrected chi connectivity index (χ2v) is 11.8. The molecular weight excluding hydrogens is 623 g/mol. The Hall–Kier alpha value is -3.91. The lowest BCUT2D eigenvalue weighted by atomic mass is 9.72. The fraction of sp³-hybridized carbons (Fsp3) is 0.467. The number of amides is 2. The molecule has 4 rings (SSSR count). The number of carbonyl (C=O) groups excluding carboxylic acids is 2. The molecule has 1 heterocycles. The van der Waals surface area contributed by atoms with Crippen LogP contribution in [-0.2, 0) is 21.9 Å². The predicted octanol–water partition coefficient (Wildman–Crippen LogP) is 8.78. The molecule has 0 unspecified atom stereocenters. The lowest BCUT2D eigenvalue weighted by molar-refractivity contribution is -0.167. The van der Waals surface area contributed by atoms with Crippen molar-refractivity contribution in [1.29, 1.82) is 0 Å². The Bertz CT molecular complexity index is 1480.